The quantitative estimate of drug-likeness (QED) is 0.411. The first-order valence-electron chi connectivity index (χ1n) is 9.07. The van der Waals surface area contributed by atoms with Gasteiger partial charge in [-0.25, -0.2) is 5.43 Å². The van der Waals surface area contributed by atoms with Crippen LogP contribution in [0.5, 0.6) is 0 Å². The van der Waals surface area contributed by atoms with Crippen molar-refractivity contribution < 1.29 is 4.79 Å². The summed E-state index contributed by atoms with van der Waals surface area (Å²) in [7, 11) is 0. The smallest absolute Gasteiger partial charge is 0.241 e. The molecular weight excluding hydrogens is 334 g/mol. The van der Waals surface area contributed by atoms with Crippen molar-refractivity contribution in [2.45, 2.75) is 19.9 Å². The van der Waals surface area contributed by atoms with Crippen LogP contribution in [-0.4, -0.2) is 16.7 Å². The van der Waals surface area contributed by atoms with Crippen LogP contribution in [0.2, 0.25) is 0 Å². The van der Waals surface area contributed by atoms with Gasteiger partial charge in [-0.3, -0.25) is 4.79 Å². The molecule has 27 heavy (non-hydrogen) atoms. The second kappa shape index (κ2) is 7.46. The molecule has 4 heteroatoms. The number of hydrazone groups is 1. The van der Waals surface area contributed by atoms with E-state index in [0.717, 1.165) is 16.6 Å². The third-order valence-corrected chi connectivity index (χ3v) is 4.72. The fraction of sp³-hybridized carbons (Fsp3) is 0.130. The molecule has 0 radical (unpaired) electrons. The van der Waals surface area contributed by atoms with E-state index in [1.807, 2.05) is 55.5 Å². The summed E-state index contributed by atoms with van der Waals surface area (Å²) in [5.74, 6) is -0.0970. The molecule has 4 nitrogen and oxygen atoms in total. The standard InChI is InChI=1S/C23H21N3O/c1-17-10-12-18(13-11-17)16-24-25-23(27)14-15-26-21-8-4-2-6-19(21)20-7-3-5-9-22(20)26/h2-13,16H,14-15H2,1H3,(H,25,27). The summed E-state index contributed by atoms with van der Waals surface area (Å²) >= 11 is 0. The second-order valence-electron chi connectivity index (χ2n) is 6.64. The van der Waals surface area contributed by atoms with E-state index in [9.17, 15) is 4.79 Å². The predicted octanol–water partition coefficient (Wildman–Crippen LogP) is 4.64. The zero-order valence-electron chi connectivity index (χ0n) is 15.2. The first kappa shape index (κ1) is 17.0. The van der Waals surface area contributed by atoms with Crippen LogP contribution >= 0.6 is 0 Å². The summed E-state index contributed by atoms with van der Waals surface area (Å²) < 4.78 is 2.20. The Morgan fingerprint density at radius 1 is 0.926 bits per heavy atom. The molecule has 0 spiro atoms. The summed E-state index contributed by atoms with van der Waals surface area (Å²) in [6, 6.07) is 24.6. The van der Waals surface area contributed by atoms with Gasteiger partial charge in [0.1, 0.15) is 0 Å². The van der Waals surface area contributed by atoms with Crippen molar-refractivity contribution in [1.82, 2.24) is 9.99 Å². The molecule has 0 unspecified atom stereocenters. The Labute approximate surface area is 158 Å². The topological polar surface area (TPSA) is 46.4 Å². The van der Waals surface area contributed by atoms with Crippen LogP contribution in [0.3, 0.4) is 0 Å². The van der Waals surface area contributed by atoms with E-state index in [2.05, 4.69) is 39.4 Å². The number of hydrogen-bond acceptors (Lipinski definition) is 2. The molecule has 0 aliphatic carbocycles. The van der Waals surface area contributed by atoms with Gasteiger partial charge in [-0.15, -0.1) is 0 Å². The minimum Gasteiger partial charge on any atom is -0.340 e. The van der Waals surface area contributed by atoms with E-state index >= 15 is 0 Å². The third kappa shape index (κ3) is 3.60. The van der Waals surface area contributed by atoms with Gasteiger partial charge in [0.15, 0.2) is 0 Å². The maximum atomic E-state index is 12.2. The minimum absolute atomic E-state index is 0.0970. The van der Waals surface area contributed by atoms with Crippen molar-refractivity contribution >= 4 is 33.9 Å². The highest BCUT2D eigenvalue weighted by Crippen LogP contribution is 2.28. The number of carbonyl (C=O) groups is 1. The number of fused-ring (bicyclic) bond motifs is 3. The fourth-order valence-electron chi connectivity index (χ4n) is 3.34. The highest BCUT2D eigenvalue weighted by atomic mass is 16.2. The molecule has 0 bridgehead atoms. The Morgan fingerprint density at radius 2 is 1.52 bits per heavy atom. The number of carbonyl (C=O) groups excluding carboxylic acids is 1. The molecule has 3 aromatic carbocycles. The molecule has 0 saturated heterocycles. The Balaban J connectivity index is 1.46. The molecule has 0 aliphatic heterocycles. The van der Waals surface area contributed by atoms with Crippen molar-refractivity contribution in [2.24, 2.45) is 5.10 Å². The molecule has 1 heterocycles. The van der Waals surface area contributed by atoms with Gasteiger partial charge in [-0.1, -0.05) is 66.2 Å². The van der Waals surface area contributed by atoms with E-state index in [0.29, 0.717) is 13.0 Å². The summed E-state index contributed by atoms with van der Waals surface area (Å²) in [5, 5.41) is 6.49. The largest absolute Gasteiger partial charge is 0.340 e. The molecule has 1 amide bonds. The second-order valence-corrected chi connectivity index (χ2v) is 6.64. The SMILES string of the molecule is Cc1ccc(C=NNC(=O)CCn2c3ccccc3c3ccccc32)cc1. The molecule has 0 aliphatic rings. The average molecular weight is 355 g/mol. The maximum absolute atomic E-state index is 12.2. The van der Waals surface area contributed by atoms with E-state index < -0.39 is 0 Å². The summed E-state index contributed by atoms with van der Waals surface area (Å²) in [5.41, 5.74) is 7.08. The number of benzene rings is 3. The Morgan fingerprint density at radius 3 is 2.15 bits per heavy atom. The van der Waals surface area contributed by atoms with Gasteiger partial charge in [-0.05, 0) is 24.6 Å². The van der Waals surface area contributed by atoms with Crippen molar-refractivity contribution in [2.75, 3.05) is 0 Å². The first-order valence-corrected chi connectivity index (χ1v) is 9.07. The molecule has 4 rings (SSSR count). The number of nitrogens with zero attached hydrogens (tertiary/aromatic N) is 2. The van der Waals surface area contributed by atoms with Crippen LogP contribution in [0, 0.1) is 6.92 Å². The van der Waals surface area contributed by atoms with E-state index in [-0.39, 0.29) is 5.91 Å². The van der Waals surface area contributed by atoms with Crippen LogP contribution in [0.15, 0.2) is 77.9 Å². The molecule has 4 aromatic rings. The van der Waals surface area contributed by atoms with Gasteiger partial charge in [0, 0.05) is 34.8 Å². The van der Waals surface area contributed by atoms with Crippen LogP contribution in [0.1, 0.15) is 17.5 Å². The maximum Gasteiger partial charge on any atom is 0.241 e. The Bertz CT molecular complexity index is 1070. The summed E-state index contributed by atoms with van der Waals surface area (Å²) in [4.78, 5) is 12.2. The van der Waals surface area contributed by atoms with Gasteiger partial charge < -0.3 is 4.57 Å². The van der Waals surface area contributed by atoms with E-state index in [4.69, 9.17) is 0 Å². The zero-order valence-corrected chi connectivity index (χ0v) is 15.2. The average Bonchev–Trinajstić information content (AvgIpc) is 3.02. The molecule has 1 aromatic heterocycles. The van der Waals surface area contributed by atoms with Crippen LogP contribution in [0.4, 0.5) is 0 Å². The van der Waals surface area contributed by atoms with E-state index in [1.165, 1.54) is 16.3 Å². The van der Waals surface area contributed by atoms with Gasteiger partial charge in [0.25, 0.3) is 0 Å². The zero-order chi connectivity index (χ0) is 18.6. The minimum atomic E-state index is -0.0970. The molecule has 0 saturated carbocycles. The van der Waals surface area contributed by atoms with Crippen molar-refractivity contribution in [3.8, 4) is 0 Å². The Kier molecular flexibility index (Phi) is 4.71. The van der Waals surface area contributed by atoms with Gasteiger partial charge in [0.05, 0.1) is 6.21 Å². The number of rotatable bonds is 5. The van der Waals surface area contributed by atoms with Gasteiger partial charge in [-0.2, -0.15) is 5.10 Å². The third-order valence-electron chi connectivity index (χ3n) is 4.72. The van der Waals surface area contributed by atoms with Crippen LogP contribution in [-0.2, 0) is 11.3 Å². The number of para-hydroxylation sites is 2. The molecule has 1 N–H and O–H groups in total. The van der Waals surface area contributed by atoms with Crippen molar-refractivity contribution in [3.05, 3.63) is 83.9 Å². The number of aryl methyl sites for hydroxylation is 2. The van der Waals surface area contributed by atoms with Gasteiger partial charge in [0.2, 0.25) is 5.91 Å². The molecular formula is C23H21N3O. The number of amides is 1. The molecule has 0 fully saturated rings. The lowest BCUT2D eigenvalue weighted by Crippen LogP contribution is -2.19. The van der Waals surface area contributed by atoms with Crippen LogP contribution in [0.25, 0.3) is 21.8 Å². The first-order chi connectivity index (χ1) is 13.2. The van der Waals surface area contributed by atoms with Crippen LogP contribution < -0.4 is 5.43 Å². The highest BCUT2D eigenvalue weighted by Gasteiger charge is 2.10. The highest BCUT2D eigenvalue weighted by molar-refractivity contribution is 6.08. The lowest BCUT2D eigenvalue weighted by molar-refractivity contribution is -0.121. The summed E-state index contributed by atoms with van der Waals surface area (Å²) in [6.07, 6.45) is 2.03. The summed E-state index contributed by atoms with van der Waals surface area (Å²) in [6.45, 7) is 2.65. The molecule has 134 valence electrons. The molecule has 0 atom stereocenters. The lowest BCUT2D eigenvalue weighted by Gasteiger charge is -2.06. The van der Waals surface area contributed by atoms with Gasteiger partial charge >= 0.3 is 0 Å². The fourth-order valence-corrected chi connectivity index (χ4v) is 3.34. The van der Waals surface area contributed by atoms with Crippen molar-refractivity contribution in [3.63, 3.8) is 0 Å². The normalized spacial score (nSPS) is 11.4. The number of nitrogens with one attached hydrogen (secondary N) is 1. The number of hydrogen-bond donors (Lipinski definition) is 1. The number of aromatic nitrogens is 1. The van der Waals surface area contributed by atoms with Crippen molar-refractivity contribution in [1.29, 1.82) is 0 Å². The Hall–Kier alpha value is -3.40. The monoisotopic (exact) mass is 355 g/mol. The lowest BCUT2D eigenvalue weighted by atomic mass is 10.2. The predicted molar refractivity (Wildman–Crippen MR) is 111 cm³/mol. The van der Waals surface area contributed by atoms with E-state index in [1.54, 1.807) is 6.21 Å².